The summed E-state index contributed by atoms with van der Waals surface area (Å²) in [5.74, 6) is -0.250. The summed E-state index contributed by atoms with van der Waals surface area (Å²) < 4.78 is 0. The van der Waals surface area contributed by atoms with Crippen molar-refractivity contribution in [3.63, 3.8) is 0 Å². The van der Waals surface area contributed by atoms with Crippen molar-refractivity contribution < 1.29 is 9.72 Å². The molecule has 0 aliphatic heterocycles. The van der Waals surface area contributed by atoms with Crippen LogP contribution in [0.3, 0.4) is 0 Å². The molecule has 0 aromatic heterocycles. The Morgan fingerprint density at radius 2 is 1.86 bits per heavy atom. The Morgan fingerprint density at radius 1 is 1.18 bits per heavy atom. The van der Waals surface area contributed by atoms with E-state index in [1.807, 2.05) is 30.5 Å². The van der Waals surface area contributed by atoms with E-state index in [0.717, 1.165) is 16.1 Å². The minimum atomic E-state index is -0.459. The Labute approximate surface area is 132 Å². The number of rotatable bonds is 5. The number of nitro groups is 1. The van der Waals surface area contributed by atoms with Gasteiger partial charge < -0.3 is 5.32 Å². The summed E-state index contributed by atoms with van der Waals surface area (Å²) in [7, 11) is 0. The zero-order chi connectivity index (χ0) is 15.9. The van der Waals surface area contributed by atoms with Gasteiger partial charge in [-0.25, -0.2) is 0 Å². The van der Waals surface area contributed by atoms with Crippen LogP contribution in [-0.4, -0.2) is 17.1 Å². The smallest absolute Gasteiger partial charge is 0.269 e. The van der Waals surface area contributed by atoms with Crippen LogP contribution < -0.4 is 5.32 Å². The molecule has 0 fully saturated rings. The van der Waals surface area contributed by atoms with Crippen LogP contribution in [0.1, 0.15) is 5.56 Å². The minimum absolute atomic E-state index is 0.0236. The number of thioether (sulfide) groups is 1. The number of anilines is 1. The lowest BCUT2D eigenvalue weighted by molar-refractivity contribution is -0.384. The monoisotopic (exact) mass is 314 g/mol. The standard InChI is InChI=1S/C16H14N2O3S/c1-22-15-5-3-2-4-14(15)17-16(19)11-8-12-6-9-13(10-7-12)18(20)21/h2-11H,1H3,(H,17,19)/b11-8-. The summed E-state index contributed by atoms with van der Waals surface area (Å²) in [6, 6.07) is 13.5. The summed E-state index contributed by atoms with van der Waals surface area (Å²) in [6.07, 6.45) is 4.96. The molecule has 22 heavy (non-hydrogen) atoms. The summed E-state index contributed by atoms with van der Waals surface area (Å²) in [5.41, 5.74) is 1.50. The number of hydrogen-bond acceptors (Lipinski definition) is 4. The molecule has 1 amide bonds. The Morgan fingerprint density at radius 3 is 2.50 bits per heavy atom. The quantitative estimate of drug-likeness (QED) is 0.392. The molecule has 0 spiro atoms. The van der Waals surface area contributed by atoms with E-state index in [1.165, 1.54) is 18.2 Å². The third kappa shape index (κ3) is 4.20. The molecule has 6 heteroatoms. The van der Waals surface area contributed by atoms with Gasteiger partial charge in [-0.1, -0.05) is 12.1 Å². The number of para-hydroxylation sites is 1. The molecule has 2 aromatic carbocycles. The van der Waals surface area contributed by atoms with E-state index in [4.69, 9.17) is 0 Å². The molecule has 5 nitrogen and oxygen atoms in total. The fourth-order valence-corrected chi connectivity index (χ4v) is 2.36. The van der Waals surface area contributed by atoms with Gasteiger partial charge in [0.05, 0.1) is 10.6 Å². The van der Waals surface area contributed by atoms with Gasteiger partial charge in [0.2, 0.25) is 5.91 Å². The molecule has 2 aromatic rings. The molecule has 0 atom stereocenters. The topological polar surface area (TPSA) is 72.2 Å². The molecule has 0 saturated carbocycles. The van der Waals surface area contributed by atoms with Gasteiger partial charge in [-0.05, 0) is 42.2 Å². The van der Waals surface area contributed by atoms with Crippen molar-refractivity contribution in [2.45, 2.75) is 4.90 Å². The number of hydrogen-bond donors (Lipinski definition) is 1. The van der Waals surface area contributed by atoms with Gasteiger partial charge in [-0.3, -0.25) is 14.9 Å². The summed E-state index contributed by atoms with van der Waals surface area (Å²) >= 11 is 1.55. The van der Waals surface area contributed by atoms with Gasteiger partial charge in [0.25, 0.3) is 5.69 Å². The molecule has 112 valence electrons. The summed E-state index contributed by atoms with van der Waals surface area (Å²) in [4.78, 5) is 23.0. The van der Waals surface area contributed by atoms with E-state index >= 15 is 0 Å². The van der Waals surface area contributed by atoms with Crippen LogP contribution in [0.25, 0.3) is 6.08 Å². The highest BCUT2D eigenvalue weighted by molar-refractivity contribution is 7.98. The maximum atomic E-state index is 11.9. The fraction of sp³-hybridized carbons (Fsp3) is 0.0625. The third-order valence-electron chi connectivity index (χ3n) is 2.90. The van der Waals surface area contributed by atoms with Crippen LogP contribution in [0, 0.1) is 10.1 Å². The number of carbonyl (C=O) groups excluding carboxylic acids is 1. The van der Waals surface area contributed by atoms with E-state index in [-0.39, 0.29) is 11.6 Å². The first kappa shape index (κ1) is 15.8. The molecule has 0 heterocycles. The van der Waals surface area contributed by atoms with E-state index in [1.54, 1.807) is 30.0 Å². The van der Waals surface area contributed by atoms with Crippen molar-refractivity contribution in [1.82, 2.24) is 0 Å². The number of carbonyl (C=O) groups is 1. The van der Waals surface area contributed by atoms with Crippen LogP contribution in [0.2, 0.25) is 0 Å². The largest absolute Gasteiger partial charge is 0.321 e. The van der Waals surface area contributed by atoms with Gasteiger partial charge in [-0.15, -0.1) is 11.8 Å². The average Bonchev–Trinajstić information content (AvgIpc) is 2.54. The highest BCUT2D eigenvalue weighted by Gasteiger charge is 2.04. The molecule has 0 unspecified atom stereocenters. The highest BCUT2D eigenvalue weighted by Crippen LogP contribution is 2.24. The fourth-order valence-electron chi connectivity index (χ4n) is 1.80. The summed E-state index contributed by atoms with van der Waals surface area (Å²) in [6.45, 7) is 0. The lowest BCUT2D eigenvalue weighted by Crippen LogP contribution is -2.08. The van der Waals surface area contributed by atoms with E-state index in [0.29, 0.717) is 0 Å². The predicted molar refractivity (Wildman–Crippen MR) is 89.0 cm³/mol. The lowest BCUT2D eigenvalue weighted by Gasteiger charge is -2.06. The number of nitro benzene ring substituents is 1. The molecule has 0 saturated heterocycles. The van der Waals surface area contributed by atoms with Crippen LogP contribution in [0.15, 0.2) is 59.5 Å². The second kappa shape index (κ2) is 7.42. The van der Waals surface area contributed by atoms with Crippen molar-refractivity contribution in [2.24, 2.45) is 0 Å². The molecule has 0 bridgehead atoms. The van der Waals surface area contributed by atoms with Gasteiger partial charge >= 0.3 is 0 Å². The molecule has 0 aliphatic carbocycles. The lowest BCUT2D eigenvalue weighted by atomic mass is 10.2. The molecule has 1 N–H and O–H groups in total. The van der Waals surface area contributed by atoms with Gasteiger partial charge in [-0.2, -0.15) is 0 Å². The van der Waals surface area contributed by atoms with Crippen molar-refractivity contribution in [1.29, 1.82) is 0 Å². The van der Waals surface area contributed by atoms with Crippen molar-refractivity contribution in [3.8, 4) is 0 Å². The Kier molecular flexibility index (Phi) is 5.32. The normalized spacial score (nSPS) is 10.6. The minimum Gasteiger partial charge on any atom is -0.321 e. The van der Waals surface area contributed by atoms with E-state index in [9.17, 15) is 14.9 Å². The van der Waals surface area contributed by atoms with Crippen LogP contribution in [-0.2, 0) is 4.79 Å². The number of nitrogens with zero attached hydrogens (tertiary/aromatic N) is 1. The van der Waals surface area contributed by atoms with Crippen molar-refractivity contribution in [2.75, 3.05) is 11.6 Å². The van der Waals surface area contributed by atoms with E-state index < -0.39 is 4.92 Å². The second-order valence-corrected chi connectivity index (χ2v) is 5.22. The average molecular weight is 314 g/mol. The van der Waals surface area contributed by atoms with Crippen molar-refractivity contribution in [3.05, 3.63) is 70.3 Å². The Hall–Kier alpha value is -2.60. The first-order valence-electron chi connectivity index (χ1n) is 6.46. The van der Waals surface area contributed by atoms with Gasteiger partial charge in [0.15, 0.2) is 0 Å². The Balaban J connectivity index is 2.03. The van der Waals surface area contributed by atoms with Gasteiger partial charge in [0.1, 0.15) is 0 Å². The first-order chi connectivity index (χ1) is 10.6. The van der Waals surface area contributed by atoms with Crippen LogP contribution >= 0.6 is 11.8 Å². The number of nitrogens with one attached hydrogen (secondary N) is 1. The summed E-state index contributed by atoms with van der Waals surface area (Å²) in [5, 5.41) is 13.4. The zero-order valence-electron chi connectivity index (χ0n) is 11.9. The predicted octanol–water partition coefficient (Wildman–Crippen LogP) is 3.97. The molecule has 2 rings (SSSR count). The zero-order valence-corrected chi connectivity index (χ0v) is 12.7. The SMILES string of the molecule is CSc1ccccc1NC(=O)/C=C\c1ccc([N+](=O)[O-])cc1. The van der Waals surface area contributed by atoms with Gasteiger partial charge in [0, 0.05) is 23.1 Å². The van der Waals surface area contributed by atoms with Crippen LogP contribution in [0.4, 0.5) is 11.4 Å². The van der Waals surface area contributed by atoms with Crippen molar-refractivity contribution >= 4 is 35.1 Å². The highest BCUT2D eigenvalue weighted by atomic mass is 32.2. The Bertz CT molecular complexity index is 712. The molecular weight excluding hydrogens is 300 g/mol. The second-order valence-electron chi connectivity index (χ2n) is 4.37. The number of amides is 1. The molecule has 0 aliphatic rings. The molecule has 0 radical (unpaired) electrons. The maximum absolute atomic E-state index is 11.9. The first-order valence-corrected chi connectivity index (χ1v) is 7.69. The van der Waals surface area contributed by atoms with Crippen LogP contribution in [0.5, 0.6) is 0 Å². The number of non-ortho nitro benzene ring substituents is 1. The molecular formula is C16H14N2O3S. The van der Waals surface area contributed by atoms with E-state index in [2.05, 4.69) is 5.32 Å². The maximum Gasteiger partial charge on any atom is 0.269 e. The number of benzene rings is 2. The third-order valence-corrected chi connectivity index (χ3v) is 3.69.